The van der Waals surface area contributed by atoms with E-state index in [9.17, 15) is 4.79 Å². The van der Waals surface area contributed by atoms with E-state index in [4.69, 9.17) is 5.11 Å². The van der Waals surface area contributed by atoms with Gasteiger partial charge in [-0.25, -0.2) is 0 Å². The number of anilines is 1. The van der Waals surface area contributed by atoms with Crippen LogP contribution in [0.4, 0.5) is 5.69 Å². The normalized spacial score (nSPS) is 9.62. The number of rotatable bonds is 3. The van der Waals surface area contributed by atoms with Crippen molar-refractivity contribution in [3.63, 3.8) is 0 Å². The van der Waals surface area contributed by atoms with E-state index >= 15 is 0 Å². The summed E-state index contributed by atoms with van der Waals surface area (Å²) in [5.41, 5.74) is 3.04. The Hall–Kier alpha value is -2.64. The summed E-state index contributed by atoms with van der Waals surface area (Å²) in [5.74, 6) is 5.58. The SMILES string of the molecule is Cc1ccncc1NC(=O)c1ccc(C#CCCO)cc1. The van der Waals surface area contributed by atoms with Gasteiger partial charge in [-0.05, 0) is 42.8 Å². The molecule has 0 bridgehead atoms. The van der Waals surface area contributed by atoms with Crippen LogP contribution in [0.1, 0.15) is 27.9 Å². The van der Waals surface area contributed by atoms with E-state index in [1.54, 1.807) is 36.7 Å². The molecule has 1 aromatic carbocycles. The lowest BCUT2D eigenvalue weighted by molar-refractivity contribution is 0.102. The molecule has 1 aromatic heterocycles. The van der Waals surface area contributed by atoms with Crippen LogP contribution in [-0.2, 0) is 0 Å². The number of carbonyl (C=O) groups excluding carboxylic acids is 1. The molecule has 0 aliphatic rings. The van der Waals surface area contributed by atoms with Crippen molar-refractivity contribution in [1.29, 1.82) is 0 Å². The van der Waals surface area contributed by atoms with Crippen molar-refractivity contribution in [3.8, 4) is 11.8 Å². The molecule has 0 saturated heterocycles. The number of nitrogens with zero attached hydrogens (tertiary/aromatic N) is 1. The number of benzene rings is 1. The number of nitrogens with one attached hydrogen (secondary N) is 1. The minimum absolute atomic E-state index is 0.0535. The molecular weight excluding hydrogens is 264 g/mol. The fourth-order valence-corrected chi connectivity index (χ4v) is 1.71. The maximum absolute atomic E-state index is 12.1. The van der Waals surface area contributed by atoms with Gasteiger partial charge in [0.25, 0.3) is 5.91 Å². The second kappa shape index (κ2) is 7.22. The summed E-state index contributed by atoms with van der Waals surface area (Å²) < 4.78 is 0. The summed E-state index contributed by atoms with van der Waals surface area (Å²) in [7, 11) is 0. The van der Waals surface area contributed by atoms with Crippen molar-refractivity contribution in [1.82, 2.24) is 4.98 Å². The molecule has 0 atom stereocenters. The first-order valence-corrected chi connectivity index (χ1v) is 6.62. The molecule has 0 radical (unpaired) electrons. The number of hydrogen-bond donors (Lipinski definition) is 2. The van der Waals surface area contributed by atoms with Crippen LogP contribution in [0.5, 0.6) is 0 Å². The summed E-state index contributed by atoms with van der Waals surface area (Å²) in [6.07, 6.45) is 3.76. The van der Waals surface area contributed by atoms with Gasteiger partial charge in [-0.2, -0.15) is 0 Å². The van der Waals surface area contributed by atoms with E-state index in [-0.39, 0.29) is 12.5 Å². The summed E-state index contributed by atoms with van der Waals surface area (Å²) in [5, 5.41) is 11.5. The third kappa shape index (κ3) is 4.16. The average molecular weight is 280 g/mol. The lowest BCUT2D eigenvalue weighted by atomic mass is 10.1. The molecule has 0 aliphatic carbocycles. The number of carbonyl (C=O) groups is 1. The van der Waals surface area contributed by atoms with Gasteiger partial charge in [-0.15, -0.1) is 0 Å². The van der Waals surface area contributed by atoms with Gasteiger partial charge in [0.2, 0.25) is 0 Å². The first kappa shape index (κ1) is 14.8. The average Bonchev–Trinajstić information content (AvgIpc) is 2.50. The van der Waals surface area contributed by atoms with E-state index in [0.717, 1.165) is 11.1 Å². The number of amides is 1. The van der Waals surface area contributed by atoms with Gasteiger partial charge >= 0.3 is 0 Å². The fraction of sp³-hybridized carbons (Fsp3) is 0.176. The van der Waals surface area contributed by atoms with Gasteiger partial charge in [-0.3, -0.25) is 9.78 Å². The Bertz CT molecular complexity index is 682. The Balaban J connectivity index is 2.07. The molecule has 0 spiro atoms. The molecule has 106 valence electrons. The standard InChI is InChI=1S/C17H16N2O2/c1-13-9-10-18-12-16(13)19-17(21)15-7-5-14(6-8-15)4-2-3-11-20/h5-10,12,20H,3,11H2,1H3,(H,19,21). The molecule has 4 heteroatoms. The predicted octanol–water partition coefficient (Wildman–Crippen LogP) is 2.38. The van der Waals surface area contributed by atoms with Gasteiger partial charge in [0.05, 0.1) is 18.5 Å². The lowest BCUT2D eigenvalue weighted by Gasteiger charge is -2.07. The quantitative estimate of drug-likeness (QED) is 0.849. The van der Waals surface area contributed by atoms with Crippen molar-refractivity contribution in [2.45, 2.75) is 13.3 Å². The van der Waals surface area contributed by atoms with Gasteiger partial charge in [0.15, 0.2) is 0 Å². The molecule has 2 aromatic rings. The molecule has 21 heavy (non-hydrogen) atoms. The molecule has 0 unspecified atom stereocenters. The fourth-order valence-electron chi connectivity index (χ4n) is 1.71. The zero-order chi connectivity index (χ0) is 15.1. The second-order valence-corrected chi connectivity index (χ2v) is 4.50. The van der Waals surface area contributed by atoms with E-state index in [1.807, 2.05) is 13.0 Å². The van der Waals surface area contributed by atoms with Crippen molar-refractivity contribution in [2.75, 3.05) is 11.9 Å². The first-order chi connectivity index (χ1) is 10.2. The molecule has 0 fully saturated rings. The maximum atomic E-state index is 12.1. The highest BCUT2D eigenvalue weighted by atomic mass is 16.2. The second-order valence-electron chi connectivity index (χ2n) is 4.50. The van der Waals surface area contributed by atoms with Crippen LogP contribution in [0, 0.1) is 18.8 Å². The molecule has 2 N–H and O–H groups in total. The number of hydrogen-bond acceptors (Lipinski definition) is 3. The smallest absolute Gasteiger partial charge is 0.255 e. The number of aliphatic hydroxyl groups is 1. The topological polar surface area (TPSA) is 62.2 Å². The zero-order valence-electron chi connectivity index (χ0n) is 11.8. The van der Waals surface area contributed by atoms with Crippen molar-refractivity contribution < 1.29 is 9.90 Å². The number of aromatic nitrogens is 1. The van der Waals surface area contributed by atoms with E-state index in [1.165, 1.54) is 0 Å². The lowest BCUT2D eigenvalue weighted by Crippen LogP contribution is -2.12. The van der Waals surface area contributed by atoms with Crippen LogP contribution < -0.4 is 5.32 Å². The van der Waals surface area contributed by atoms with Crippen LogP contribution in [0.2, 0.25) is 0 Å². The highest BCUT2D eigenvalue weighted by Crippen LogP contribution is 2.13. The number of aliphatic hydroxyl groups excluding tert-OH is 1. The molecule has 4 nitrogen and oxygen atoms in total. The van der Waals surface area contributed by atoms with E-state index in [0.29, 0.717) is 17.7 Å². The molecular formula is C17H16N2O2. The van der Waals surface area contributed by atoms with E-state index in [2.05, 4.69) is 22.1 Å². The summed E-state index contributed by atoms with van der Waals surface area (Å²) >= 11 is 0. The van der Waals surface area contributed by atoms with Crippen LogP contribution >= 0.6 is 0 Å². The van der Waals surface area contributed by atoms with E-state index < -0.39 is 0 Å². The minimum atomic E-state index is -0.180. The maximum Gasteiger partial charge on any atom is 0.255 e. The third-order valence-corrected chi connectivity index (χ3v) is 2.90. The van der Waals surface area contributed by atoms with Crippen molar-refractivity contribution in [2.24, 2.45) is 0 Å². The third-order valence-electron chi connectivity index (χ3n) is 2.90. The molecule has 2 rings (SSSR count). The highest BCUT2D eigenvalue weighted by Gasteiger charge is 2.07. The molecule has 1 amide bonds. The summed E-state index contributed by atoms with van der Waals surface area (Å²) in [6, 6.07) is 8.87. The van der Waals surface area contributed by atoms with Crippen LogP contribution in [0.15, 0.2) is 42.7 Å². The number of aryl methyl sites for hydroxylation is 1. The summed E-state index contributed by atoms with van der Waals surface area (Å²) in [4.78, 5) is 16.1. The molecule has 0 aliphatic heterocycles. The zero-order valence-corrected chi connectivity index (χ0v) is 11.8. The highest BCUT2D eigenvalue weighted by molar-refractivity contribution is 6.04. The first-order valence-electron chi connectivity index (χ1n) is 6.62. The Kier molecular flexibility index (Phi) is 5.08. The molecule has 1 heterocycles. The Labute approximate surface area is 123 Å². The van der Waals surface area contributed by atoms with Crippen LogP contribution in [-0.4, -0.2) is 22.6 Å². The van der Waals surface area contributed by atoms with Crippen molar-refractivity contribution >= 4 is 11.6 Å². The molecule has 0 saturated carbocycles. The van der Waals surface area contributed by atoms with Crippen LogP contribution in [0.3, 0.4) is 0 Å². The van der Waals surface area contributed by atoms with Crippen molar-refractivity contribution in [3.05, 3.63) is 59.4 Å². The number of pyridine rings is 1. The van der Waals surface area contributed by atoms with Gasteiger partial charge in [-0.1, -0.05) is 11.8 Å². The minimum Gasteiger partial charge on any atom is -0.395 e. The van der Waals surface area contributed by atoms with Gasteiger partial charge in [0, 0.05) is 23.7 Å². The predicted molar refractivity (Wildman–Crippen MR) is 82.0 cm³/mol. The van der Waals surface area contributed by atoms with Crippen LogP contribution in [0.25, 0.3) is 0 Å². The Morgan fingerprint density at radius 3 is 2.71 bits per heavy atom. The largest absolute Gasteiger partial charge is 0.395 e. The van der Waals surface area contributed by atoms with Gasteiger partial charge < -0.3 is 10.4 Å². The Morgan fingerprint density at radius 2 is 2.05 bits per heavy atom. The van der Waals surface area contributed by atoms with Gasteiger partial charge in [0.1, 0.15) is 0 Å². The monoisotopic (exact) mass is 280 g/mol. The summed E-state index contributed by atoms with van der Waals surface area (Å²) in [6.45, 7) is 1.97. The Morgan fingerprint density at radius 1 is 1.29 bits per heavy atom.